The number of nitrogens with one attached hydrogen (secondary N) is 1. The van der Waals surface area contributed by atoms with E-state index in [0.717, 1.165) is 0 Å². The quantitative estimate of drug-likeness (QED) is 0.642. The summed E-state index contributed by atoms with van der Waals surface area (Å²) in [4.78, 5) is 11.3. The van der Waals surface area contributed by atoms with Crippen molar-refractivity contribution in [1.29, 1.82) is 0 Å². The van der Waals surface area contributed by atoms with Crippen LogP contribution < -0.4 is 4.72 Å². The van der Waals surface area contributed by atoms with Crippen molar-refractivity contribution in [2.75, 3.05) is 26.7 Å². The van der Waals surface area contributed by atoms with Gasteiger partial charge in [-0.25, -0.2) is 4.72 Å². The highest BCUT2D eigenvalue weighted by atomic mass is 32.2. The number of methoxy groups -OCH3 is 1. The molecule has 1 atom stereocenters. The normalized spacial score (nSPS) is 20.2. The van der Waals surface area contributed by atoms with Crippen LogP contribution in [-0.4, -0.2) is 56.6 Å². The van der Waals surface area contributed by atoms with Gasteiger partial charge in [-0.05, 0) is 26.2 Å². The van der Waals surface area contributed by atoms with Crippen LogP contribution in [0.1, 0.15) is 26.2 Å². The Morgan fingerprint density at radius 3 is 2.53 bits per heavy atom. The van der Waals surface area contributed by atoms with E-state index >= 15 is 0 Å². The lowest BCUT2D eigenvalue weighted by Gasteiger charge is -2.29. The molecule has 1 heterocycles. The molecule has 0 saturated carbocycles. The van der Waals surface area contributed by atoms with Crippen molar-refractivity contribution >= 4 is 16.2 Å². The Morgan fingerprint density at radius 2 is 2.05 bits per heavy atom. The topological polar surface area (TPSA) is 95.9 Å². The largest absolute Gasteiger partial charge is 0.469 e. The fourth-order valence-corrected chi connectivity index (χ4v) is 3.24. The maximum Gasteiger partial charge on any atom is 0.308 e. The zero-order chi connectivity index (χ0) is 14.5. The van der Waals surface area contributed by atoms with Crippen molar-refractivity contribution < 1.29 is 23.1 Å². The van der Waals surface area contributed by atoms with Crippen molar-refractivity contribution in [3.8, 4) is 0 Å². The number of carbonyl (C=O) groups is 1. The molecule has 0 aromatic rings. The van der Waals surface area contributed by atoms with Crippen LogP contribution in [0.3, 0.4) is 0 Å². The minimum atomic E-state index is -3.51. The molecule has 1 aliphatic heterocycles. The second kappa shape index (κ2) is 7.18. The summed E-state index contributed by atoms with van der Waals surface area (Å²) in [5, 5.41) is 9.08. The van der Waals surface area contributed by atoms with E-state index in [4.69, 9.17) is 5.11 Å². The Hall–Kier alpha value is -0.700. The standard InChI is InChI=1S/C11H22N2O5S/c1-9(14)3-6-12-19(16,17)13-7-4-10(5-8-13)11(15)18-2/h9-10,12,14H,3-8H2,1-2H3. The second-order valence-corrected chi connectivity index (χ2v) is 6.49. The van der Waals surface area contributed by atoms with Gasteiger partial charge in [-0.1, -0.05) is 0 Å². The van der Waals surface area contributed by atoms with Gasteiger partial charge < -0.3 is 9.84 Å². The van der Waals surface area contributed by atoms with Crippen LogP contribution in [0.25, 0.3) is 0 Å². The highest BCUT2D eigenvalue weighted by Crippen LogP contribution is 2.20. The maximum atomic E-state index is 11.9. The number of rotatable bonds is 6. The summed E-state index contributed by atoms with van der Waals surface area (Å²) >= 11 is 0. The van der Waals surface area contributed by atoms with Gasteiger partial charge in [-0.3, -0.25) is 4.79 Å². The third-order valence-corrected chi connectivity index (χ3v) is 4.79. The Labute approximate surface area is 114 Å². The third-order valence-electron chi connectivity index (χ3n) is 3.17. The molecule has 0 radical (unpaired) electrons. The SMILES string of the molecule is COC(=O)C1CCN(S(=O)(=O)NCCC(C)O)CC1. The summed E-state index contributed by atoms with van der Waals surface area (Å²) in [6, 6.07) is 0. The highest BCUT2D eigenvalue weighted by molar-refractivity contribution is 7.87. The van der Waals surface area contributed by atoms with E-state index < -0.39 is 16.3 Å². The molecule has 0 spiro atoms. The predicted molar refractivity (Wildman–Crippen MR) is 69.5 cm³/mol. The lowest BCUT2D eigenvalue weighted by Crippen LogP contribution is -2.46. The van der Waals surface area contributed by atoms with Gasteiger partial charge in [0.25, 0.3) is 10.2 Å². The smallest absolute Gasteiger partial charge is 0.308 e. The lowest BCUT2D eigenvalue weighted by atomic mass is 9.99. The zero-order valence-electron chi connectivity index (χ0n) is 11.3. The van der Waals surface area contributed by atoms with Gasteiger partial charge in [0.05, 0.1) is 19.1 Å². The minimum absolute atomic E-state index is 0.205. The van der Waals surface area contributed by atoms with Crippen molar-refractivity contribution in [3.05, 3.63) is 0 Å². The van der Waals surface area contributed by atoms with Gasteiger partial charge >= 0.3 is 5.97 Å². The van der Waals surface area contributed by atoms with Crippen molar-refractivity contribution in [2.45, 2.75) is 32.3 Å². The number of hydrogen-bond acceptors (Lipinski definition) is 5. The Morgan fingerprint density at radius 1 is 1.47 bits per heavy atom. The molecule has 112 valence electrons. The summed E-state index contributed by atoms with van der Waals surface area (Å²) in [5.74, 6) is -0.493. The van der Waals surface area contributed by atoms with Gasteiger partial charge in [0.15, 0.2) is 0 Å². The fraction of sp³-hybridized carbons (Fsp3) is 0.909. The number of esters is 1. The summed E-state index contributed by atoms with van der Waals surface area (Å²) in [5.41, 5.74) is 0. The predicted octanol–water partition coefficient (Wildman–Crippen LogP) is -0.523. The molecule has 0 aromatic carbocycles. The first-order chi connectivity index (χ1) is 8.86. The molecule has 1 unspecified atom stereocenters. The van der Waals surface area contributed by atoms with Crippen LogP contribution in [0.4, 0.5) is 0 Å². The van der Waals surface area contributed by atoms with E-state index in [-0.39, 0.29) is 18.4 Å². The maximum absolute atomic E-state index is 11.9. The number of piperidine rings is 1. The van der Waals surface area contributed by atoms with Gasteiger partial charge in [0.1, 0.15) is 0 Å². The third kappa shape index (κ3) is 5.06. The Kier molecular flexibility index (Phi) is 6.18. The van der Waals surface area contributed by atoms with E-state index in [0.29, 0.717) is 32.4 Å². The molecule has 0 aromatic heterocycles. The zero-order valence-corrected chi connectivity index (χ0v) is 12.1. The Balaban J connectivity index is 2.43. The van der Waals surface area contributed by atoms with Crippen molar-refractivity contribution in [3.63, 3.8) is 0 Å². The van der Waals surface area contributed by atoms with E-state index in [2.05, 4.69) is 9.46 Å². The highest BCUT2D eigenvalue weighted by Gasteiger charge is 2.31. The molecule has 7 nitrogen and oxygen atoms in total. The van der Waals surface area contributed by atoms with E-state index in [1.165, 1.54) is 11.4 Å². The second-order valence-electron chi connectivity index (χ2n) is 4.73. The first-order valence-electron chi connectivity index (χ1n) is 6.37. The summed E-state index contributed by atoms with van der Waals surface area (Å²) < 4.78 is 32.3. The molecule has 8 heteroatoms. The van der Waals surface area contributed by atoms with Gasteiger partial charge in [-0.2, -0.15) is 12.7 Å². The number of aliphatic hydroxyl groups is 1. The molecule has 19 heavy (non-hydrogen) atoms. The summed E-state index contributed by atoms with van der Waals surface area (Å²) in [7, 11) is -2.18. The molecule has 1 aliphatic rings. The lowest BCUT2D eigenvalue weighted by molar-refractivity contribution is -0.146. The molecule has 1 saturated heterocycles. The molecule has 2 N–H and O–H groups in total. The molecular formula is C11H22N2O5S. The number of carbonyl (C=O) groups excluding carboxylic acids is 1. The first kappa shape index (κ1) is 16.4. The van der Waals surface area contributed by atoms with Gasteiger partial charge in [0, 0.05) is 19.6 Å². The average Bonchev–Trinajstić information content (AvgIpc) is 2.37. The van der Waals surface area contributed by atoms with Crippen LogP contribution in [0.15, 0.2) is 0 Å². The van der Waals surface area contributed by atoms with Crippen LogP contribution in [0.5, 0.6) is 0 Å². The van der Waals surface area contributed by atoms with E-state index in [9.17, 15) is 13.2 Å². The van der Waals surface area contributed by atoms with Gasteiger partial charge in [0.2, 0.25) is 0 Å². The van der Waals surface area contributed by atoms with Crippen LogP contribution >= 0.6 is 0 Å². The fourth-order valence-electron chi connectivity index (χ4n) is 1.99. The van der Waals surface area contributed by atoms with Crippen molar-refractivity contribution in [2.24, 2.45) is 5.92 Å². The van der Waals surface area contributed by atoms with Crippen LogP contribution in [-0.2, 0) is 19.7 Å². The van der Waals surface area contributed by atoms with Crippen molar-refractivity contribution in [1.82, 2.24) is 9.03 Å². The molecule has 1 rings (SSSR count). The van der Waals surface area contributed by atoms with Gasteiger partial charge in [-0.15, -0.1) is 0 Å². The van der Waals surface area contributed by atoms with Crippen LogP contribution in [0.2, 0.25) is 0 Å². The van der Waals surface area contributed by atoms with Crippen LogP contribution in [0, 0.1) is 5.92 Å². The molecular weight excluding hydrogens is 272 g/mol. The van der Waals surface area contributed by atoms with E-state index in [1.807, 2.05) is 0 Å². The molecule has 0 amide bonds. The molecule has 1 fully saturated rings. The Bertz CT molecular complexity index is 388. The first-order valence-corrected chi connectivity index (χ1v) is 7.81. The molecule has 0 aliphatic carbocycles. The summed E-state index contributed by atoms with van der Waals surface area (Å²) in [6.45, 7) is 2.43. The molecule has 0 bridgehead atoms. The minimum Gasteiger partial charge on any atom is -0.469 e. The summed E-state index contributed by atoms with van der Waals surface area (Å²) in [6.07, 6.45) is 0.791. The number of nitrogens with zero attached hydrogens (tertiary/aromatic N) is 1. The average molecular weight is 294 g/mol. The number of hydrogen-bond donors (Lipinski definition) is 2. The number of aliphatic hydroxyl groups excluding tert-OH is 1. The number of ether oxygens (including phenoxy) is 1. The monoisotopic (exact) mass is 294 g/mol. The van der Waals surface area contributed by atoms with E-state index in [1.54, 1.807) is 6.92 Å².